The maximum Gasteiger partial charge on any atom is 0.264 e. The highest BCUT2D eigenvalue weighted by molar-refractivity contribution is 6.36. The van der Waals surface area contributed by atoms with Gasteiger partial charge in [-0.1, -0.05) is 67.1 Å². The second-order valence-corrected chi connectivity index (χ2v) is 8.77. The van der Waals surface area contributed by atoms with Crippen molar-refractivity contribution < 1.29 is 4.79 Å². The first-order valence-corrected chi connectivity index (χ1v) is 11.7. The summed E-state index contributed by atoms with van der Waals surface area (Å²) in [5.74, 6) is -0.244. The van der Waals surface area contributed by atoms with Crippen LogP contribution in [0.25, 0.3) is 0 Å². The third-order valence-corrected chi connectivity index (χ3v) is 5.69. The molecule has 2 atom stereocenters. The SMILES string of the molecule is C=C(/C=C(Cl)\C=C/C)/C(=N\C(NC1=CC=C(N(C)C)C=CC1C)C(=O)NC)c1ccccc1Cl. The molecule has 0 aliphatic heterocycles. The zero-order valence-corrected chi connectivity index (χ0v) is 21.8. The first-order chi connectivity index (χ1) is 16.2. The molecule has 1 aromatic carbocycles. The van der Waals surface area contributed by atoms with E-state index < -0.39 is 6.17 Å². The molecule has 1 aliphatic rings. The van der Waals surface area contributed by atoms with Gasteiger partial charge in [-0.05, 0) is 48.9 Å². The number of likely N-dealkylation sites (N-methyl/N-ethyl adjacent to an activating group) is 2. The Morgan fingerprint density at radius 2 is 1.97 bits per heavy atom. The minimum absolute atomic E-state index is 0.0482. The second kappa shape index (κ2) is 13.0. The van der Waals surface area contributed by atoms with Crippen molar-refractivity contribution in [3.63, 3.8) is 0 Å². The molecule has 2 unspecified atom stereocenters. The van der Waals surface area contributed by atoms with Crippen molar-refractivity contribution in [2.75, 3.05) is 21.1 Å². The van der Waals surface area contributed by atoms with Gasteiger partial charge < -0.3 is 15.5 Å². The fourth-order valence-corrected chi connectivity index (χ4v) is 3.69. The van der Waals surface area contributed by atoms with Gasteiger partial charge in [0, 0.05) is 54.1 Å². The second-order valence-electron chi connectivity index (χ2n) is 7.93. The van der Waals surface area contributed by atoms with Gasteiger partial charge in [0.05, 0.1) is 5.71 Å². The fourth-order valence-electron chi connectivity index (χ4n) is 3.21. The number of halogens is 2. The number of allylic oxidation sites excluding steroid dienone is 9. The maximum atomic E-state index is 12.9. The van der Waals surface area contributed by atoms with Gasteiger partial charge in [0.1, 0.15) is 0 Å². The highest BCUT2D eigenvalue weighted by Gasteiger charge is 2.22. The van der Waals surface area contributed by atoms with Gasteiger partial charge in [0.2, 0.25) is 0 Å². The smallest absolute Gasteiger partial charge is 0.264 e. The lowest BCUT2D eigenvalue weighted by molar-refractivity contribution is -0.122. The quantitative estimate of drug-likeness (QED) is 0.345. The third kappa shape index (κ3) is 7.51. The Bertz CT molecular complexity index is 1090. The average Bonchev–Trinajstić information content (AvgIpc) is 2.98. The van der Waals surface area contributed by atoms with Crippen LogP contribution in [-0.2, 0) is 4.79 Å². The Kier molecular flexibility index (Phi) is 10.4. The first kappa shape index (κ1) is 27.2. The molecule has 2 rings (SSSR count). The number of carbonyl (C=O) groups is 1. The van der Waals surface area contributed by atoms with Crippen molar-refractivity contribution in [3.8, 4) is 0 Å². The molecule has 0 saturated carbocycles. The van der Waals surface area contributed by atoms with Gasteiger partial charge in [0.25, 0.3) is 5.91 Å². The van der Waals surface area contributed by atoms with E-state index in [0.29, 0.717) is 26.9 Å². The Labute approximate surface area is 212 Å². The van der Waals surface area contributed by atoms with Crippen molar-refractivity contribution >= 4 is 34.8 Å². The topological polar surface area (TPSA) is 56.7 Å². The van der Waals surface area contributed by atoms with E-state index in [-0.39, 0.29) is 11.8 Å². The molecule has 180 valence electrons. The molecule has 0 radical (unpaired) electrons. The summed E-state index contributed by atoms with van der Waals surface area (Å²) >= 11 is 12.8. The van der Waals surface area contributed by atoms with Crippen LogP contribution < -0.4 is 10.6 Å². The molecule has 0 heterocycles. The minimum atomic E-state index is -0.918. The third-order valence-electron chi connectivity index (χ3n) is 5.12. The predicted molar refractivity (Wildman–Crippen MR) is 145 cm³/mol. The molecular formula is C27H32Cl2N4O. The molecule has 1 aromatic rings. The number of carbonyl (C=O) groups excluding carboxylic acids is 1. The molecule has 0 bridgehead atoms. The number of rotatable bonds is 9. The van der Waals surface area contributed by atoms with Gasteiger partial charge >= 0.3 is 0 Å². The molecule has 7 heteroatoms. The van der Waals surface area contributed by atoms with Gasteiger partial charge in [-0.3, -0.25) is 4.79 Å². The van der Waals surface area contributed by atoms with Crippen LogP contribution in [0.15, 0.2) is 100 Å². The molecule has 1 amide bonds. The monoisotopic (exact) mass is 498 g/mol. The summed E-state index contributed by atoms with van der Waals surface area (Å²) in [6, 6.07) is 7.31. The van der Waals surface area contributed by atoms with Crippen LogP contribution >= 0.6 is 23.2 Å². The van der Waals surface area contributed by atoms with E-state index in [9.17, 15) is 4.79 Å². The molecule has 0 spiro atoms. The van der Waals surface area contributed by atoms with Crippen LogP contribution in [0.3, 0.4) is 0 Å². The average molecular weight is 499 g/mol. The van der Waals surface area contributed by atoms with E-state index >= 15 is 0 Å². The highest BCUT2D eigenvalue weighted by Crippen LogP contribution is 2.23. The summed E-state index contributed by atoms with van der Waals surface area (Å²) in [7, 11) is 5.55. The number of hydrogen-bond donors (Lipinski definition) is 2. The molecule has 0 saturated heterocycles. The zero-order valence-electron chi connectivity index (χ0n) is 20.3. The standard InChI is InChI=1S/C27H32Cl2N4O/c1-7-10-20(28)17-19(3)25(22-11-8-9-12-23(22)29)32-26(27(34)30-4)31-24-16-15-21(33(5)6)14-13-18(24)2/h7-18,26,31H,3H2,1-2,4-6H3,(H,30,34)/b10-7-,20-17+,32-25+. The summed E-state index contributed by atoms with van der Waals surface area (Å²) in [6.45, 7) is 8.08. The molecule has 0 fully saturated rings. The van der Waals surface area contributed by atoms with Crippen LogP contribution in [0.2, 0.25) is 5.02 Å². The maximum absolute atomic E-state index is 12.9. The highest BCUT2D eigenvalue weighted by atomic mass is 35.5. The van der Waals surface area contributed by atoms with Gasteiger partial charge in [-0.2, -0.15) is 0 Å². The largest absolute Gasteiger partial charge is 0.378 e. The lowest BCUT2D eigenvalue weighted by Gasteiger charge is -2.21. The van der Waals surface area contributed by atoms with E-state index in [4.69, 9.17) is 28.2 Å². The molecule has 34 heavy (non-hydrogen) atoms. The lowest BCUT2D eigenvalue weighted by atomic mass is 10.0. The van der Waals surface area contributed by atoms with E-state index in [1.165, 1.54) is 0 Å². The van der Waals surface area contributed by atoms with E-state index in [1.807, 2.05) is 62.3 Å². The Morgan fingerprint density at radius 1 is 1.26 bits per heavy atom. The molecule has 2 N–H and O–H groups in total. The summed E-state index contributed by atoms with van der Waals surface area (Å²) in [5.41, 5.74) is 3.57. The van der Waals surface area contributed by atoms with Gasteiger partial charge in [-0.25, -0.2) is 4.99 Å². The van der Waals surface area contributed by atoms with E-state index in [2.05, 4.69) is 36.3 Å². The van der Waals surface area contributed by atoms with Crippen LogP contribution in [0.5, 0.6) is 0 Å². The zero-order chi connectivity index (χ0) is 25.3. The summed E-state index contributed by atoms with van der Waals surface area (Å²) in [4.78, 5) is 19.7. The molecular weight excluding hydrogens is 467 g/mol. The predicted octanol–water partition coefficient (Wildman–Crippen LogP) is 5.58. The summed E-state index contributed by atoms with van der Waals surface area (Å²) in [6.07, 6.45) is 12.5. The summed E-state index contributed by atoms with van der Waals surface area (Å²) in [5, 5.41) is 6.98. The lowest BCUT2D eigenvalue weighted by Crippen LogP contribution is -2.42. The number of amides is 1. The number of aliphatic imine (C=N–C) groups is 1. The number of benzene rings is 1. The Balaban J connectivity index is 2.57. The van der Waals surface area contributed by atoms with Gasteiger partial charge in [0.15, 0.2) is 6.17 Å². The van der Waals surface area contributed by atoms with Crippen molar-refractivity contribution in [1.29, 1.82) is 0 Å². The number of nitrogens with zero attached hydrogens (tertiary/aromatic N) is 2. The van der Waals surface area contributed by atoms with Crippen molar-refractivity contribution in [3.05, 3.63) is 106 Å². The van der Waals surface area contributed by atoms with Crippen LogP contribution in [0.4, 0.5) is 0 Å². The minimum Gasteiger partial charge on any atom is -0.378 e. The summed E-state index contributed by atoms with van der Waals surface area (Å²) < 4.78 is 0. The van der Waals surface area contributed by atoms with E-state index in [1.54, 1.807) is 25.3 Å². The first-order valence-electron chi connectivity index (χ1n) is 10.9. The number of hydrogen-bond acceptors (Lipinski definition) is 4. The van der Waals surface area contributed by atoms with Crippen LogP contribution in [-0.4, -0.2) is 43.8 Å². The van der Waals surface area contributed by atoms with Crippen molar-refractivity contribution in [2.24, 2.45) is 10.9 Å². The van der Waals surface area contributed by atoms with E-state index in [0.717, 1.165) is 11.4 Å². The normalized spacial score (nSPS) is 17.6. The molecule has 0 aromatic heterocycles. The van der Waals surface area contributed by atoms with Crippen LogP contribution in [0.1, 0.15) is 19.4 Å². The molecule has 1 aliphatic carbocycles. The Morgan fingerprint density at radius 3 is 2.59 bits per heavy atom. The number of nitrogens with one attached hydrogen (secondary N) is 2. The van der Waals surface area contributed by atoms with Crippen molar-refractivity contribution in [1.82, 2.24) is 15.5 Å². The Hall–Kier alpha value is -3.02. The fraction of sp³-hybridized carbons (Fsp3) is 0.259. The van der Waals surface area contributed by atoms with Gasteiger partial charge in [-0.15, -0.1) is 0 Å². The van der Waals surface area contributed by atoms with Crippen molar-refractivity contribution in [2.45, 2.75) is 20.0 Å². The van der Waals surface area contributed by atoms with Crippen LogP contribution in [0, 0.1) is 5.92 Å². The molecule has 5 nitrogen and oxygen atoms in total.